The van der Waals surface area contributed by atoms with E-state index in [9.17, 15) is 4.79 Å². The number of carbonyl (C=O) groups is 1. The van der Waals surface area contributed by atoms with E-state index >= 15 is 0 Å². The molecular formula is C15H23N3O2. The fourth-order valence-corrected chi connectivity index (χ4v) is 2.42. The fourth-order valence-electron chi connectivity index (χ4n) is 2.42. The topological polar surface area (TPSA) is 63.2 Å². The monoisotopic (exact) mass is 277 g/mol. The van der Waals surface area contributed by atoms with Crippen molar-refractivity contribution in [2.24, 2.45) is 0 Å². The van der Waals surface area contributed by atoms with Gasteiger partial charge in [0.2, 0.25) is 0 Å². The molecule has 5 nitrogen and oxygen atoms in total. The number of aromatic nitrogens is 1. The van der Waals surface area contributed by atoms with Crippen molar-refractivity contribution in [1.82, 2.24) is 15.6 Å². The van der Waals surface area contributed by atoms with Gasteiger partial charge in [-0.2, -0.15) is 0 Å². The molecular weight excluding hydrogens is 254 g/mol. The molecule has 2 N–H and O–H groups in total. The molecule has 0 unspecified atom stereocenters. The summed E-state index contributed by atoms with van der Waals surface area (Å²) < 4.78 is 5.33. The molecule has 110 valence electrons. The molecule has 1 saturated heterocycles. The number of hydrogen-bond donors (Lipinski definition) is 2. The first-order valence-electron chi connectivity index (χ1n) is 7.08. The SMILES string of the molecule is CC(C)(C)OC(=O)N[C@@H]1CCCN[C@H]1c1ccncc1. The van der Waals surface area contributed by atoms with Crippen molar-refractivity contribution in [2.45, 2.75) is 51.3 Å². The minimum atomic E-state index is -0.474. The van der Waals surface area contributed by atoms with E-state index in [0.29, 0.717) is 0 Å². The number of piperidine rings is 1. The van der Waals surface area contributed by atoms with Gasteiger partial charge in [-0.3, -0.25) is 4.98 Å². The summed E-state index contributed by atoms with van der Waals surface area (Å²) >= 11 is 0. The van der Waals surface area contributed by atoms with E-state index in [1.807, 2.05) is 32.9 Å². The van der Waals surface area contributed by atoms with Crippen LogP contribution in [0.3, 0.4) is 0 Å². The predicted molar refractivity (Wildman–Crippen MR) is 77.4 cm³/mol. The van der Waals surface area contributed by atoms with Crippen molar-refractivity contribution >= 4 is 6.09 Å². The predicted octanol–water partition coefficient (Wildman–Crippen LogP) is 2.40. The molecule has 2 heterocycles. The molecule has 2 rings (SSSR count). The second-order valence-electron chi connectivity index (χ2n) is 6.11. The highest BCUT2D eigenvalue weighted by Gasteiger charge is 2.29. The third-order valence-electron chi connectivity index (χ3n) is 3.23. The number of rotatable bonds is 2. The molecule has 1 amide bonds. The number of nitrogens with zero attached hydrogens (tertiary/aromatic N) is 1. The molecule has 1 fully saturated rings. The van der Waals surface area contributed by atoms with Gasteiger partial charge in [0.1, 0.15) is 5.60 Å². The summed E-state index contributed by atoms with van der Waals surface area (Å²) in [7, 11) is 0. The Hall–Kier alpha value is -1.62. The largest absolute Gasteiger partial charge is 0.444 e. The number of nitrogens with one attached hydrogen (secondary N) is 2. The first-order chi connectivity index (χ1) is 9.46. The molecule has 2 atom stereocenters. The van der Waals surface area contributed by atoms with E-state index in [1.54, 1.807) is 12.4 Å². The van der Waals surface area contributed by atoms with Crippen molar-refractivity contribution in [2.75, 3.05) is 6.54 Å². The number of hydrogen-bond acceptors (Lipinski definition) is 4. The van der Waals surface area contributed by atoms with Gasteiger partial charge in [-0.15, -0.1) is 0 Å². The smallest absolute Gasteiger partial charge is 0.407 e. The number of alkyl carbamates (subject to hydrolysis) is 1. The van der Waals surface area contributed by atoms with Crippen LogP contribution in [0.25, 0.3) is 0 Å². The molecule has 1 aromatic heterocycles. The van der Waals surface area contributed by atoms with Crippen LogP contribution < -0.4 is 10.6 Å². The molecule has 0 radical (unpaired) electrons. The standard InChI is InChI=1S/C15H23N3O2/c1-15(2,3)20-14(19)18-12-5-4-8-17-13(12)11-6-9-16-10-7-11/h6-7,9-10,12-13,17H,4-5,8H2,1-3H3,(H,18,19)/t12-,13+/m1/s1. The van der Waals surface area contributed by atoms with Gasteiger partial charge in [0.15, 0.2) is 0 Å². The summed E-state index contributed by atoms with van der Waals surface area (Å²) in [5, 5.41) is 6.44. The van der Waals surface area contributed by atoms with Crippen LogP contribution in [-0.4, -0.2) is 29.3 Å². The maximum Gasteiger partial charge on any atom is 0.407 e. The summed E-state index contributed by atoms with van der Waals surface area (Å²) in [6, 6.07) is 4.11. The van der Waals surface area contributed by atoms with E-state index in [2.05, 4.69) is 15.6 Å². The lowest BCUT2D eigenvalue weighted by molar-refractivity contribution is 0.0481. The van der Waals surface area contributed by atoms with Gasteiger partial charge in [0.05, 0.1) is 12.1 Å². The molecule has 5 heteroatoms. The van der Waals surface area contributed by atoms with Crippen LogP contribution in [0, 0.1) is 0 Å². The molecule has 0 aliphatic carbocycles. The highest BCUT2D eigenvalue weighted by molar-refractivity contribution is 5.68. The highest BCUT2D eigenvalue weighted by Crippen LogP contribution is 2.23. The van der Waals surface area contributed by atoms with Gasteiger partial charge in [0, 0.05) is 12.4 Å². The van der Waals surface area contributed by atoms with Crippen molar-refractivity contribution < 1.29 is 9.53 Å². The van der Waals surface area contributed by atoms with Crippen LogP contribution in [0.15, 0.2) is 24.5 Å². The highest BCUT2D eigenvalue weighted by atomic mass is 16.6. The zero-order chi connectivity index (χ0) is 14.6. The molecule has 0 spiro atoms. The second kappa shape index (κ2) is 6.22. The Balaban J connectivity index is 2.03. The van der Waals surface area contributed by atoms with Crippen LogP contribution >= 0.6 is 0 Å². The molecule has 0 saturated carbocycles. The second-order valence-corrected chi connectivity index (χ2v) is 6.11. The maximum atomic E-state index is 11.9. The summed E-state index contributed by atoms with van der Waals surface area (Å²) in [5.41, 5.74) is 0.666. The molecule has 0 aromatic carbocycles. The lowest BCUT2D eigenvalue weighted by atomic mass is 9.93. The summed E-state index contributed by atoms with van der Waals surface area (Å²) in [5.74, 6) is 0. The zero-order valence-corrected chi connectivity index (χ0v) is 12.3. The third kappa shape index (κ3) is 4.20. The van der Waals surface area contributed by atoms with Gasteiger partial charge in [-0.05, 0) is 57.9 Å². The Morgan fingerprint density at radius 1 is 1.40 bits per heavy atom. The Kier molecular flexibility index (Phi) is 4.60. The normalized spacial score (nSPS) is 23.1. The van der Waals surface area contributed by atoms with Crippen molar-refractivity contribution in [3.8, 4) is 0 Å². The van der Waals surface area contributed by atoms with E-state index in [0.717, 1.165) is 24.9 Å². The lowest BCUT2D eigenvalue weighted by Gasteiger charge is -2.34. The van der Waals surface area contributed by atoms with Gasteiger partial charge >= 0.3 is 6.09 Å². The van der Waals surface area contributed by atoms with Crippen molar-refractivity contribution in [3.63, 3.8) is 0 Å². The van der Waals surface area contributed by atoms with Gasteiger partial charge in [-0.25, -0.2) is 4.79 Å². The minimum Gasteiger partial charge on any atom is -0.444 e. The minimum absolute atomic E-state index is 0.0426. The van der Waals surface area contributed by atoms with Crippen LogP contribution in [0.1, 0.15) is 45.2 Å². The summed E-state index contributed by atoms with van der Waals surface area (Å²) in [6.45, 7) is 6.56. The Morgan fingerprint density at radius 2 is 2.10 bits per heavy atom. The Bertz CT molecular complexity index is 442. The maximum absolute atomic E-state index is 11.9. The van der Waals surface area contributed by atoms with E-state index in [1.165, 1.54) is 0 Å². The number of pyridine rings is 1. The first kappa shape index (κ1) is 14.8. The lowest BCUT2D eigenvalue weighted by Crippen LogP contribution is -2.49. The van der Waals surface area contributed by atoms with E-state index < -0.39 is 5.60 Å². The summed E-state index contributed by atoms with van der Waals surface area (Å²) in [6.07, 6.45) is 5.18. The fraction of sp³-hybridized carbons (Fsp3) is 0.600. The molecule has 20 heavy (non-hydrogen) atoms. The first-order valence-corrected chi connectivity index (χ1v) is 7.08. The van der Waals surface area contributed by atoms with Gasteiger partial charge < -0.3 is 15.4 Å². The average Bonchev–Trinajstić information content (AvgIpc) is 2.38. The van der Waals surface area contributed by atoms with Crippen LogP contribution in [-0.2, 0) is 4.74 Å². The average molecular weight is 277 g/mol. The van der Waals surface area contributed by atoms with E-state index in [-0.39, 0.29) is 18.2 Å². The Morgan fingerprint density at radius 3 is 2.75 bits per heavy atom. The zero-order valence-electron chi connectivity index (χ0n) is 12.3. The summed E-state index contributed by atoms with van der Waals surface area (Å²) in [4.78, 5) is 16.0. The van der Waals surface area contributed by atoms with Crippen molar-refractivity contribution in [1.29, 1.82) is 0 Å². The van der Waals surface area contributed by atoms with Gasteiger partial charge in [0.25, 0.3) is 0 Å². The number of ether oxygens (including phenoxy) is 1. The van der Waals surface area contributed by atoms with Crippen LogP contribution in [0.2, 0.25) is 0 Å². The van der Waals surface area contributed by atoms with Crippen molar-refractivity contribution in [3.05, 3.63) is 30.1 Å². The number of carbonyl (C=O) groups excluding carboxylic acids is 1. The van der Waals surface area contributed by atoms with Gasteiger partial charge in [-0.1, -0.05) is 0 Å². The van der Waals surface area contributed by atoms with Crippen LogP contribution in [0.5, 0.6) is 0 Å². The number of amides is 1. The van der Waals surface area contributed by atoms with E-state index in [4.69, 9.17) is 4.74 Å². The molecule has 0 bridgehead atoms. The third-order valence-corrected chi connectivity index (χ3v) is 3.23. The molecule has 1 aromatic rings. The Labute approximate surface area is 120 Å². The van der Waals surface area contributed by atoms with Crippen LogP contribution in [0.4, 0.5) is 4.79 Å². The molecule has 1 aliphatic rings. The molecule has 1 aliphatic heterocycles. The quantitative estimate of drug-likeness (QED) is 0.871.